The number of aliphatic imine (C=N–C) groups is 1. The van der Waals surface area contributed by atoms with Gasteiger partial charge >= 0.3 is 0 Å². The lowest BCUT2D eigenvalue weighted by Gasteiger charge is -2.04. The molecule has 0 N–H and O–H groups in total. The topological polar surface area (TPSA) is 47.9 Å². The maximum absolute atomic E-state index is 9.74. The molecule has 0 aliphatic rings. The zero-order valence-corrected chi connectivity index (χ0v) is 7.90. The molecule has 0 amide bonds. The number of carbonyl (C=O) groups excluding carboxylic acids is 1. The molecule has 0 saturated heterocycles. The molecule has 0 spiro atoms. The molecular weight excluding hydrogens is 182 g/mol. The average Bonchev–Trinajstić information content (AvgIpc) is 2.25. The van der Waals surface area contributed by atoms with Crippen LogP contribution in [-0.4, -0.2) is 26.3 Å². The minimum absolute atomic E-state index is 0.329. The minimum Gasteiger partial charge on any atom is -0.497 e. The number of methoxy groups -OCH3 is 1. The van der Waals surface area contributed by atoms with Gasteiger partial charge in [0.05, 0.1) is 13.7 Å². The number of isocyanates is 1. The Morgan fingerprint density at radius 3 is 2.50 bits per heavy atom. The summed E-state index contributed by atoms with van der Waals surface area (Å²) in [4.78, 5) is 13.1. The average molecular weight is 193 g/mol. The number of rotatable bonds is 5. The second-order valence-electron chi connectivity index (χ2n) is 2.50. The van der Waals surface area contributed by atoms with Gasteiger partial charge in [-0.3, -0.25) is 0 Å². The van der Waals surface area contributed by atoms with Crippen molar-refractivity contribution in [2.45, 2.75) is 0 Å². The number of benzene rings is 1. The van der Waals surface area contributed by atoms with Crippen LogP contribution in [0.3, 0.4) is 0 Å². The second kappa shape index (κ2) is 5.78. The zero-order valence-electron chi connectivity index (χ0n) is 7.90. The number of hydrogen-bond donors (Lipinski definition) is 0. The van der Waals surface area contributed by atoms with Crippen molar-refractivity contribution in [3.05, 3.63) is 24.3 Å². The summed E-state index contributed by atoms with van der Waals surface area (Å²) in [7, 11) is 1.61. The second-order valence-corrected chi connectivity index (χ2v) is 2.50. The van der Waals surface area contributed by atoms with Gasteiger partial charge in [0.1, 0.15) is 18.1 Å². The molecule has 0 fully saturated rings. The van der Waals surface area contributed by atoms with E-state index < -0.39 is 0 Å². The lowest BCUT2D eigenvalue weighted by molar-refractivity contribution is 0.327. The summed E-state index contributed by atoms with van der Waals surface area (Å²) in [5.41, 5.74) is 0. The summed E-state index contributed by atoms with van der Waals surface area (Å²) < 4.78 is 10.3. The fraction of sp³-hybridized carbons (Fsp3) is 0.300. The molecule has 0 radical (unpaired) electrons. The molecule has 0 bridgehead atoms. The van der Waals surface area contributed by atoms with Gasteiger partial charge < -0.3 is 9.47 Å². The third-order valence-electron chi connectivity index (χ3n) is 1.60. The van der Waals surface area contributed by atoms with Crippen molar-refractivity contribution < 1.29 is 14.3 Å². The van der Waals surface area contributed by atoms with Gasteiger partial charge in [0.15, 0.2) is 0 Å². The van der Waals surface area contributed by atoms with E-state index in [1.165, 1.54) is 6.08 Å². The SMILES string of the molecule is COc1ccc(OCCN=C=O)cc1. The predicted octanol–water partition coefficient (Wildman–Crippen LogP) is 1.41. The van der Waals surface area contributed by atoms with Gasteiger partial charge in [0.25, 0.3) is 0 Å². The van der Waals surface area contributed by atoms with Crippen LogP contribution < -0.4 is 9.47 Å². The van der Waals surface area contributed by atoms with Gasteiger partial charge in [0.2, 0.25) is 6.08 Å². The van der Waals surface area contributed by atoms with E-state index in [4.69, 9.17) is 9.47 Å². The Kier molecular flexibility index (Phi) is 4.24. The summed E-state index contributed by atoms with van der Waals surface area (Å²) in [6.45, 7) is 0.705. The van der Waals surface area contributed by atoms with E-state index >= 15 is 0 Å². The van der Waals surface area contributed by atoms with Crippen molar-refractivity contribution >= 4 is 6.08 Å². The van der Waals surface area contributed by atoms with E-state index in [0.29, 0.717) is 13.2 Å². The van der Waals surface area contributed by atoms with Gasteiger partial charge in [-0.05, 0) is 24.3 Å². The van der Waals surface area contributed by atoms with Crippen molar-refractivity contribution in [2.24, 2.45) is 4.99 Å². The minimum atomic E-state index is 0.329. The standard InChI is InChI=1S/C10H11NO3/c1-13-9-2-4-10(5-3-9)14-7-6-11-8-12/h2-5H,6-7H2,1H3. The molecule has 0 heterocycles. The molecule has 1 aromatic rings. The molecular formula is C10H11NO3. The molecule has 0 unspecified atom stereocenters. The van der Waals surface area contributed by atoms with E-state index in [1.54, 1.807) is 31.4 Å². The summed E-state index contributed by atoms with van der Waals surface area (Å²) in [6, 6.07) is 7.20. The van der Waals surface area contributed by atoms with E-state index in [2.05, 4.69) is 4.99 Å². The Morgan fingerprint density at radius 1 is 1.29 bits per heavy atom. The summed E-state index contributed by atoms with van der Waals surface area (Å²) in [5.74, 6) is 1.51. The normalized spacial score (nSPS) is 8.93. The maximum Gasteiger partial charge on any atom is 0.235 e. The highest BCUT2D eigenvalue weighted by molar-refractivity contribution is 5.33. The monoisotopic (exact) mass is 193 g/mol. The van der Waals surface area contributed by atoms with Crippen LogP contribution in [0.15, 0.2) is 29.3 Å². The summed E-state index contributed by atoms with van der Waals surface area (Å²) in [5, 5.41) is 0. The lowest BCUT2D eigenvalue weighted by atomic mass is 10.3. The Morgan fingerprint density at radius 2 is 1.93 bits per heavy atom. The van der Waals surface area contributed by atoms with E-state index in [0.717, 1.165) is 11.5 Å². The van der Waals surface area contributed by atoms with Crippen LogP contribution in [0, 0.1) is 0 Å². The van der Waals surface area contributed by atoms with Crippen molar-refractivity contribution in [2.75, 3.05) is 20.3 Å². The smallest absolute Gasteiger partial charge is 0.235 e. The van der Waals surface area contributed by atoms with Crippen LogP contribution in [0.4, 0.5) is 0 Å². The molecule has 0 atom stereocenters. The summed E-state index contributed by atoms with van der Waals surface area (Å²) in [6.07, 6.45) is 1.45. The number of ether oxygens (including phenoxy) is 2. The fourth-order valence-corrected chi connectivity index (χ4v) is 0.927. The molecule has 4 nitrogen and oxygen atoms in total. The van der Waals surface area contributed by atoms with Crippen LogP contribution in [-0.2, 0) is 4.79 Å². The first-order chi connectivity index (χ1) is 6.86. The van der Waals surface area contributed by atoms with Crippen LogP contribution in [0.5, 0.6) is 11.5 Å². The maximum atomic E-state index is 9.74. The Labute approximate surface area is 82.2 Å². The Bertz CT molecular complexity index is 315. The third-order valence-corrected chi connectivity index (χ3v) is 1.60. The molecule has 1 rings (SSSR count). The zero-order chi connectivity index (χ0) is 10.2. The highest BCUT2D eigenvalue weighted by atomic mass is 16.5. The molecule has 4 heteroatoms. The molecule has 0 aromatic heterocycles. The first-order valence-corrected chi connectivity index (χ1v) is 4.17. The lowest BCUT2D eigenvalue weighted by Crippen LogP contribution is -2.00. The molecule has 0 aliphatic heterocycles. The Hall–Kier alpha value is -1.80. The summed E-state index contributed by atoms with van der Waals surface area (Å²) >= 11 is 0. The van der Waals surface area contributed by atoms with E-state index in [-0.39, 0.29) is 0 Å². The van der Waals surface area contributed by atoms with Gasteiger partial charge in [-0.15, -0.1) is 0 Å². The van der Waals surface area contributed by atoms with E-state index in [9.17, 15) is 4.79 Å². The first kappa shape index (κ1) is 10.3. The number of hydrogen-bond acceptors (Lipinski definition) is 4. The van der Waals surface area contributed by atoms with Crippen molar-refractivity contribution in [3.8, 4) is 11.5 Å². The fourth-order valence-electron chi connectivity index (χ4n) is 0.927. The molecule has 0 aliphatic carbocycles. The van der Waals surface area contributed by atoms with Crippen molar-refractivity contribution in [1.29, 1.82) is 0 Å². The van der Waals surface area contributed by atoms with E-state index in [1.807, 2.05) is 0 Å². The predicted molar refractivity (Wildman–Crippen MR) is 51.5 cm³/mol. The van der Waals surface area contributed by atoms with Gasteiger partial charge in [-0.25, -0.2) is 9.79 Å². The number of nitrogens with zero attached hydrogens (tertiary/aromatic N) is 1. The Balaban J connectivity index is 2.39. The van der Waals surface area contributed by atoms with Crippen LogP contribution in [0.1, 0.15) is 0 Å². The highest BCUT2D eigenvalue weighted by Gasteiger charge is 1.93. The van der Waals surface area contributed by atoms with Gasteiger partial charge in [-0.1, -0.05) is 0 Å². The molecule has 1 aromatic carbocycles. The van der Waals surface area contributed by atoms with Crippen molar-refractivity contribution in [1.82, 2.24) is 0 Å². The third kappa shape index (κ3) is 3.29. The van der Waals surface area contributed by atoms with Crippen molar-refractivity contribution in [3.63, 3.8) is 0 Å². The molecule has 14 heavy (non-hydrogen) atoms. The first-order valence-electron chi connectivity index (χ1n) is 4.17. The quantitative estimate of drug-likeness (QED) is 0.403. The van der Waals surface area contributed by atoms with Crippen LogP contribution >= 0.6 is 0 Å². The molecule has 0 saturated carbocycles. The largest absolute Gasteiger partial charge is 0.497 e. The van der Waals surface area contributed by atoms with Gasteiger partial charge in [-0.2, -0.15) is 0 Å². The van der Waals surface area contributed by atoms with Crippen LogP contribution in [0.2, 0.25) is 0 Å². The van der Waals surface area contributed by atoms with Gasteiger partial charge in [0, 0.05) is 0 Å². The van der Waals surface area contributed by atoms with Crippen LogP contribution in [0.25, 0.3) is 0 Å². The molecule has 74 valence electrons. The highest BCUT2D eigenvalue weighted by Crippen LogP contribution is 2.16.